The second-order valence-corrected chi connectivity index (χ2v) is 17.1. The molecule has 0 fully saturated rings. The Balaban J connectivity index is 1.33. The van der Waals surface area contributed by atoms with E-state index in [1.807, 2.05) is 60.7 Å². The molecular formula is C52H41OP. The summed E-state index contributed by atoms with van der Waals surface area (Å²) in [6.07, 6.45) is 1.95. The Morgan fingerprint density at radius 2 is 0.889 bits per heavy atom. The van der Waals surface area contributed by atoms with Crippen LogP contribution in [0.5, 0.6) is 0 Å². The third-order valence-electron chi connectivity index (χ3n) is 11.4. The van der Waals surface area contributed by atoms with Crippen LogP contribution in [0, 0.1) is 6.92 Å². The molecule has 8 aromatic rings. The lowest BCUT2D eigenvalue weighted by molar-refractivity contribution is 0.592. The maximum Gasteiger partial charge on any atom is 0.171 e. The van der Waals surface area contributed by atoms with Crippen molar-refractivity contribution >= 4 is 23.1 Å². The first kappa shape index (κ1) is 33.8. The molecule has 0 aliphatic heterocycles. The molecule has 1 aliphatic rings. The molecule has 260 valence electrons. The third-order valence-corrected chi connectivity index (χ3v) is 14.5. The topological polar surface area (TPSA) is 17.1 Å². The van der Waals surface area contributed by atoms with Gasteiger partial charge < -0.3 is 4.57 Å². The Bertz CT molecular complexity index is 2570. The Morgan fingerprint density at radius 3 is 1.54 bits per heavy atom. The molecule has 2 heteroatoms. The highest BCUT2D eigenvalue weighted by Crippen LogP contribution is 2.51. The standard InChI is InChI=1S/C52H41OP/c1-38-16-11-14-26-50(38)52(42-31-28-40(29-32-42)39-17-5-2-6-18-39,51-27-15-25-48-47-24-13-12-19-41(47)30-37-49(48)51)43-33-35-46(36-34-43)54(53,44-20-7-3-8-21-44)45-22-9-4-10-23-45/h2-29,31-36H,30,37H2,1H3. The van der Waals surface area contributed by atoms with Crippen molar-refractivity contribution in [3.8, 4) is 22.3 Å². The minimum Gasteiger partial charge on any atom is -0.309 e. The summed E-state index contributed by atoms with van der Waals surface area (Å²) in [7, 11) is -3.17. The normalized spacial score (nSPS) is 13.4. The first-order valence-electron chi connectivity index (χ1n) is 18.8. The lowest BCUT2D eigenvalue weighted by Gasteiger charge is -2.40. The average molecular weight is 713 g/mol. The molecule has 0 radical (unpaired) electrons. The van der Waals surface area contributed by atoms with Gasteiger partial charge in [0, 0.05) is 15.9 Å². The zero-order valence-corrected chi connectivity index (χ0v) is 31.3. The summed E-state index contributed by atoms with van der Waals surface area (Å²) >= 11 is 0. The van der Waals surface area contributed by atoms with E-state index in [1.54, 1.807) is 0 Å². The van der Waals surface area contributed by atoms with Crippen LogP contribution in [0.2, 0.25) is 0 Å². The van der Waals surface area contributed by atoms with E-state index < -0.39 is 12.6 Å². The van der Waals surface area contributed by atoms with Gasteiger partial charge in [-0.05, 0) is 81.0 Å². The number of rotatable bonds is 8. The first-order valence-corrected chi connectivity index (χ1v) is 20.5. The van der Waals surface area contributed by atoms with Gasteiger partial charge in [-0.15, -0.1) is 0 Å². The van der Waals surface area contributed by atoms with Crippen molar-refractivity contribution in [2.45, 2.75) is 25.2 Å². The second-order valence-electron chi connectivity index (χ2n) is 14.3. The summed E-state index contributed by atoms with van der Waals surface area (Å²) < 4.78 is 15.5. The average Bonchev–Trinajstić information content (AvgIpc) is 3.25. The maximum absolute atomic E-state index is 15.5. The van der Waals surface area contributed by atoms with Gasteiger partial charge in [-0.25, -0.2) is 0 Å². The summed E-state index contributed by atoms with van der Waals surface area (Å²) in [6, 6.07) is 73.1. The van der Waals surface area contributed by atoms with Crippen molar-refractivity contribution in [3.63, 3.8) is 0 Å². The molecule has 1 nitrogen and oxygen atoms in total. The van der Waals surface area contributed by atoms with Crippen LogP contribution in [0.1, 0.15) is 38.9 Å². The Kier molecular flexibility index (Phi) is 8.82. The molecule has 0 saturated heterocycles. The molecule has 54 heavy (non-hydrogen) atoms. The largest absolute Gasteiger partial charge is 0.309 e. The molecule has 1 aliphatic carbocycles. The van der Waals surface area contributed by atoms with Crippen LogP contribution in [0.3, 0.4) is 0 Å². The lowest BCUT2D eigenvalue weighted by Crippen LogP contribution is -2.34. The van der Waals surface area contributed by atoms with Gasteiger partial charge in [0.15, 0.2) is 7.14 Å². The molecule has 0 spiro atoms. The van der Waals surface area contributed by atoms with Crippen molar-refractivity contribution in [3.05, 3.63) is 245 Å². The summed E-state index contributed by atoms with van der Waals surface area (Å²) in [6.45, 7) is 2.24. The van der Waals surface area contributed by atoms with Gasteiger partial charge in [0.25, 0.3) is 0 Å². The monoisotopic (exact) mass is 712 g/mol. The predicted octanol–water partition coefficient (Wildman–Crippen LogP) is 11.4. The van der Waals surface area contributed by atoms with Crippen LogP contribution in [-0.2, 0) is 22.8 Å². The Hall–Kier alpha value is -6.01. The minimum atomic E-state index is -3.17. The van der Waals surface area contributed by atoms with Crippen molar-refractivity contribution in [2.24, 2.45) is 0 Å². The highest BCUT2D eigenvalue weighted by Gasteiger charge is 2.42. The molecule has 0 aromatic heterocycles. The number of hydrogen-bond donors (Lipinski definition) is 0. The molecule has 9 rings (SSSR count). The van der Waals surface area contributed by atoms with Crippen LogP contribution >= 0.6 is 7.14 Å². The van der Waals surface area contributed by atoms with Crippen molar-refractivity contribution < 1.29 is 4.57 Å². The first-order chi connectivity index (χ1) is 26.6. The SMILES string of the molecule is Cc1ccccc1C(c1ccc(-c2ccccc2)cc1)(c1ccc(P(=O)(c2ccccc2)c2ccccc2)cc1)c1cccc2c1CCc1ccccc1-2. The highest BCUT2D eigenvalue weighted by molar-refractivity contribution is 7.85. The summed E-state index contributed by atoms with van der Waals surface area (Å²) in [5.74, 6) is 0. The van der Waals surface area contributed by atoms with Gasteiger partial charge in [-0.3, -0.25) is 0 Å². The Morgan fingerprint density at radius 1 is 0.407 bits per heavy atom. The summed E-state index contributed by atoms with van der Waals surface area (Å²) in [5, 5.41) is 2.49. The molecule has 8 aromatic carbocycles. The quantitative estimate of drug-likeness (QED) is 0.113. The van der Waals surface area contributed by atoms with E-state index in [9.17, 15) is 0 Å². The molecule has 0 amide bonds. The van der Waals surface area contributed by atoms with Crippen LogP contribution in [0.15, 0.2) is 206 Å². The van der Waals surface area contributed by atoms with Gasteiger partial charge in [0.2, 0.25) is 0 Å². The molecule has 1 atom stereocenters. The van der Waals surface area contributed by atoms with Crippen molar-refractivity contribution in [1.82, 2.24) is 0 Å². The smallest absolute Gasteiger partial charge is 0.171 e. The van der Waals surface area contributed by atoms with Gasteiger partial charge in [0.1, 0.15) is 0 Å². The molecule has 0 saturated carbocycles. The highest BCUT2D eigenvalue weighted by atomic mass is 31.2. The number of fused-ring (bicyclic) bond motifs is 3. The van der Waals surface area contributed by atoms with E-state index in [0.29, 0.717) is 0 Å². The zero-order valence-electron chi connectivity index (χ0n) is 30.4. The third kappa shape index (κ3) is 5.59. The van der Waals surface area contributed by atoms with Crippen LogP contribution < -0.4 is 15.9 Å². The fourth-order valence-corrected chi connectivity index (χ4v) is 11.5. The number of hydrogen-bond acceptors (Lipinski definition) is 1. The van der Waals surface area contributed by atoms with Crippen LogP contribution in [0.25, 0.3) is 22.3 Å². The van der Waals surface area contributed by atoms with E-state index in [2.05, 4.69) is 153 Å². The van der Waals surface area contributed by atoms with Crippen molar-refractivity contribution in [1.29, 1.82) is 0 Å². The van der Waals surface area contributed by atoms with Gasteiger partial charge in [-0.2, -0.15) is 0 Å². The Labute approximate surface area is 319 Å². The molecular weight excluding hydrogens is 672 g/mol. The van der Waals surface area contributed by atoms with Gasteiger partial charge in [-0.1, -0.05) is 206 Å². The molecule has 1 unspecified atom stereocenters. The zero-order chi connectivity index (χ0) is 36.5. The van der Waals surface area contributed by atoms with E-state index in [1.165, 1.54) is 55.6 Å². The van der Waals surface area contributed by atoms with Gasteiger partial charge >= 0.3 is 0 Å². The van der Waals surface area contributed by atoms with Crippen LogP contribution in [0.4, 0.5) is 0 Å². The number of benzene rings is 8. The lowest BCUT2D eigenvalue weighted by atomic mass is 9.61. The maximum atomic E-state index is 15.5. The van der Waals surface area contributed by atoms with E-state index >= 15 is 4.57 Å². The summed E-state index contributed by atoms with van der Waals surface area (Å²) in [5.41, 5.74) is 13.2. The van der Waals surface area contributed by atoms with Crippen LogP contribution in [-0.4, -0.2) is 0 Å². The summed E-state index contributed by atoms with van der Waals surface area (Å²) in [4.78, 5) is 0. The second kappa shape index (κ2) is 14.1. The molecule has 0 bridgehead atoms. The van der Waals surface area contributed by atoms with E-state index in [4.69, 9.17) is 0 Å². The van der Waals surface area contributed by atoms with E-state index in [-0.39, 0.29) is 0 Å². The molecule has 0 N–H and O–H groups in total. The molecule has 0 heterocycles. The predicted molar refractivity (Wildman–Crippen MR) is 227 cm³/mol. The van der Waals surface area contributed by atoms with E-state index in [0.717, 1.165) is 34.3 Å². The number of aryl methyl sites for hydroxylation is 2. The van der Waals surface area contributed by atoms with Crippen molar-refractivity contribution in [2.75, 3.05) is 0 Å². The minimum absolute atomic E-state index is 0.666. The fraction of sp³-hybridized carbons (Fsp3) is 0.0769. The fourth-order valence-electron chi connectivity index (χ4n) is 8.84. The van der Waals surface area contributed by atoms with Gasteiger partial charge in [0.05, 0.1) is 5.41 Å².